The lowest BCUT2D eigenvalue weighted by Gasteiger charge is -2.59. The molecule has 2 N–H and O–H groups in total. The minimum atomic E-state index is -0.0855. The Morgan fingerprint density at radius 2 is 1.33 bits per heavy atom. The molecule has 0 aromatic heterocycles. The van der Waals surface area contributed by atoms with Gasteiger partial charge in [0.1, 0.15) is 0 Å². The summed E-state index contributed by atoms with van der Waals surface area (Å²) in [6, 6.07) is 0. The standard InChI is InChI=1S/C17H35N/c1-13-11-9-10-12-17(8,18)16(6,7)15(4,5)14(13,2)3/h13H,9-12,18H2,1-8H3. The molecular formula is C17H35N. The van der Waals surface area contributed by atoms with Crippen molar-refractivity contribution >= 4 is 0 Å². The Morgan fingerprint density at radius 3 is 1.83 bits per heavy atom. The van der Waals surface area contributed by atoms with Gasteiger partial charge in [0.25, 0.3) is 0 Å². The number of nitrogens with two attached hydrogens (primary N) is 1. The molecule has 1 aliphatic rings. The van der Waals surface area contributed by atoms with Gasteiger partial charge in [-0.1, -0.05) is 67.7 Å². The first-order valence-electron chi connectivity index (χ1n) is 7.67. The van der Waals surface area contributed by atoms with Crippen LogP contribution in [0.1, 0.15) is 81.1 Å². The second kappa shape index (κ2) is 4.51. The molecule has 0 aliphatic heterocycles. The topological polar surface area (TPSA) is 26.0 Å². The van der Waals surface area contributed by atoms with Crippen molar-refractivity contribution in [1.29, 1.82) is 0 Å². The van der Waals surface area contributed by atoms with Gasteiger partial charge in [0.2, 0.25) is 0 Å². The van der Waals surface area contributed by atoms with E-state index in [9.17, 15) is 0 Å². The fraction of sp³-hybridized carbons (Fsp3) is 1.00. The van der Waals surface area contributed by atoms with Crippen molar-refractivity contribution in [2.45, 2.75) is 86.6 Å². The zero-order valence-electron chi connectivity index (χ0n) is 14.0. The van der Waals surface area contributed by atoms with Crippen LogP contribution in [0.4, 0.5) is 0 Å². The molecule has 0 aromatic carbocycles. The maximum absolute atomic E-state index is 6.74. The normalized spacial score (nSPS) is 39.5. The van der Waals surface area contributed by atoms with Crippen LogP contribution in [0, 0.1) is 22.2 Å². The predicted molar refractivity (Wildman–Crippen MR) is 81.6 cm³/mol. The first-order chi connectivity index (χ1) is 7.88. The van der Waals surface area contributed by atoms with Crippen molar-refractivity contribution in [3.8, 4) is 0 Å². The van der Waals surface area contributed by atoms with Gasteiger partial charge in [0.05, 0.1) is 0 Å². The van der Waals surface area contributed by atoms with E-state index in [-0.39, 0.29) is 16.4 Å². The molecule has 1 fully saturated rings. The van der Waals surface area contributed by atoms with Crippen LogP contribution in [0.5, 0.6) is 0 Å². The van der Waals surface area contributed by atoms with E-state index in [0.29, 0.717) is 5.41 Å². The molecular weight excluding hydrogens is 218 g/mol. The molecule has 1 rings (SSSR count). The van der Waals surface area contributed by atoms with Crippen molar-refractivity contribution in [2.75, 3.05) is 0 Å². The predicted octanol–water partition coefficient (Wildman–Crippen LogP) is 4.99. The van der Waals surface area contributed by atoms with Crippen molar-refractivity contribution < 1.29 is 0 Å². The lowest BCUT2D eigenvalue weighted by molar-refractivity contribution is -0.0887. The average molecular weight is 253 g/mol. The van der Waals surface area contributed by atoms with Crippen LogP contribution in [-0.2, 0) is 0 Å². The molecule has 18 heavy (non-hydrogen) atoms. The molecule has 0 radical (unpaired) electrons. The molecule has 0 bridgehead atoms. The second-order valence-corrected chi connectivity index (χ2v) is 8.54. The van der Waals surface area contributed by atoms with E-state index >= 15 is 0 Å². The molecule has 0 amide bonds. The van der Waals surface area contributed by atoms with Gasteiger partial charge in [-0.25, -0.2) is 0 Å². The Balaban J connectivity index is 3.33. The number of hydrogen-bond donors (Lipinski definition) is 1. The van der Waals surface area contributed by atoms with Gasteiger partial charge in [0.15, 0.2) is 0 Å². The smallest absolute Gasteiger partial charge is 0.0182 e. The highest BCUT2D eigenvalue weighted by Crippen LogP contribution is 2.60. The van der Waals surface area contributed by atoms with Gasteiger partial charge in [0, 0.05) is 5.54 Å². The van der Waals surface area contributed by atoms with Gasteiger partial charge in [-0.2, -0.15) is 0 Å². The summed E-state index contributed by atoms with van der Waals surface area (Å²) >= 11 is 0. The third-order valence-corrected chi connectivity index (χ3v) is 7.42. The van der Waals surface area contributed by atoms with E-state index in [1.54, 1.807) is 0 Å². The first kappa shape index (κ1) is 16.0. The van der Waals surface area contributed by atoms with Crippen molar-refractivity contribution in [3.63, 3.8) is 0 Å². The summed E-state index contributed by atoms with van der Waals surface area (Å²) in [4.78, 5) is 0. The van der Waals surface area contributed by atoms with E-state index in [4.69, 9.17) is 5.73 Å². The Hall–Kier alpha value is -0.0400. The van der Waals surface area contributed by atoms with Crippen LogP contribution >= 0.6 is 0 Å². The summed E-state index contributed by atoms with van der Waals surface area (Å²) in [5.74, 6) is 0.751. The van der Waals surface area contributed by atoms with Crippen molar-refractivity contribution in [2.24, 2.45) is 27.9 Å². The molecule has 1 aliphatic carbocycles. The summed E-state index contributed by atoms with van der Waals surface area (Å²) in [5.41, 5.74) is 7.30. The van der Waals surface area contributed by atoms with E-state index in [1.165, 1.54) is 19.3 Å². The highest BCUT2D eigenvalue weighted by Gasteiger charge is 2.56. The molecule has 108 valence electrons. The Morgan fingerprint density at radius 1 is 0.833 bits per heavy atom. The van der Waals surface area contributed by atoms with Gasteiger partial charge >= 0.3 is 0 Å². The highest BCUT2D eigenvalue weighted by molar-refractivity contribution is 5.08. The fourth-order valence-electron chi connectivity index (χ4n) is 3.75. The van der Waals surface area contributed by atoms with Gasteiger partial charge in [-0.15, -0.1) is 0 Å². The van der Waals surface area contributed by atoms with Crippen LogP contribution in [0.25, 0.3) is 0 Å². The molecule has 0 aromatic rings. The molecule has 2 unspecified atom stereocenters. The third kappa shape index (κ3) is 2.13. The minimum absolute atomic E-state index is 0.0855. The Labute approximate surface area is 115 Å². The number of hydrogen-bond acceptors (Lipinski definition) is 1. The maximum atomic E-state index is 6.74. The van der Waals surface area contributed by atoms with Gasteiger partial charge in [-0.05, 0) is 35.5 Å². The zero-order chi connectivity index (χ0) is 14.4. The SMILES string of the molecule is CC1CCCCC(C)(N)C(C)(C)C(C)(C)C1(C)C. The second-order valence-electron chi connectivity index (χ2n) is 8.54. The van der Waals surface area contributed by atoms with Crippen LogP contribution in [0.2, 0.25) is 0 Å². The Kier molecular flexibility index (Phi) is 4.01. The molecule has 0 saturated heterocycles. The largest absolute Gasteiger partial charge is 0.325 e. The molecule has 1 nitrogen and oxygen atoms in total. The summed E-state index contributed by atoms with van der Waals surface area (Å²) < 4.78 is 0. The lowest BCUT2D eigenvalue weighted by atomic mass is 9.46. The van der Waals surface area contributed by atoms with E-state index in [1.807, 2.05) is 0 Å². The van der Waals surface area contributed by atoms with Crippen LogP contribution in [0.3, 0.4) is 0 Å². The molecule has 2 atom stereocenters. The van der Waals surface area contributed by atoms with Crippen molar-refractivity contribution in [3.05, 3.63) is 0 Å². The summed E-state index contributed by atoms with van der Waals surface area (Å²) in [6.45, 7) is 19.2. The minimum Gasteiger partial charge on any atom is -0.325 e. The quantitative estimate of drug-likeness (QED) is 0.646. The molecule has 0 spiro atoms. The number of rotatable bonds is 0. The van der Waals surface area contributed by atoms with E-state index in [2.05, 4.69) is 55.4 Å². The first-order valence-corrected chi connectivity index (χ1v) is 7.67. The summed E-state index contributed by atoms with van der Waals surface area (Å²) in [6.07, 6.45) is 5.07. The molecule has 1 heteroatoms. The van der Waals surface area contributed by atoms with Crippen LogP contribution in [-0.4, -0.2) is 5.54 Å². The van der Waals surface area contributed by atoms with Gasteiger partial charge in [-0.3, -0.25) is 0 Å². The van der Waals surface area contributed by atoms with Crippen LogP contribution in [0.15, 0.2) is 0 Å². The van der Waals surface area contributed by atoms with Gasteiger partial charge < -0.3 is 5.73 Å². The summed E-state index contributed by atoms with van der Waals surface area (Å²) in [7, 11) is 0. The van der Waals surface area contributed by atoms with E-state index in [0.717, 1.165) is 12.3 Å². The Bertz CT molecular complexity index is 297. The van der Waals surface area contributed by atoms with Crippen LogP contribution < -0.4 is 5.73 Å². The highest BCUT2D eigenvalue weighted by atomic mass is 14.8. The molecule has 1 saturated carbocycles. The summed E-state index contributed by atoms with van der Waals surface area (Å²) in [5, 5.41) is 0. The fourth-order valence-corrected chi connectivity index (χ4v) is 3.75. The molecule has 0 heterocycles. The maximum Gasteiger partial charge on any atom is 0.0182 e. The average Bonchev–Trinajstić information content (AvgIpc) is 2.22. The lowest BCUT2D eigenvalue weighted by Crippen LogP contribution is -2.61. The third-order valence-electron chi connectivity index (χ3n) is 7.42. The monoisotopic (exact) mass is 253 g/mol. The zero-order valence-corrected chi connectivity index (χ0v) is 14.0. The van der Waals surface area contributed by atoms with E-state index < -0.39 is 0 Å². The van der Waals surface area contributed by atoms with Crippen molar-refractivity contribution in [1.82, 2.24) is 0 Å².